The highest BCUT2D eigenvalue weighted by Gasteiger charge is 1.96. The van der Waals surface area contributed by atoms with Crippen LogP contribution in [0.5, 0.6) is 0 Å². The molecule has 1 unspecified atom stereocenters. The molecule has 0 aromatic carbocycles. The molecule has 0 aromatic rings. The topological polar surface area (TPSA) is 64.1 Å². The highest BCUT2D eigenvalue weighted by atomic mass is 14.9. The quantitative estimate of drug-likeness (QED) is 0.492. The summed E-state index contributed by atoms with van der Waals surface area (Å²) >= 11 is 0. The second-order valence-electron chi connectivity index (χ2n) is 2.12. The molecule has 0 bridgehead atoms. The van der Waals surface area contributed by atoms with Crippen molar-refractivity contribution in [3.8, 4) is 0 Å². The van der Waals surface area contributed by atoms with Gasteiger partial charge in [-0.2, -0.15) is 0 Å². The van der Waals surface area contributed by atoms with Crippen molar-refractivity contribution in [1.29, 1.82) is 0 Å². The van der Waals surface area contributed by atoms with Crippen molar-refractivity contribution in [2.24, 2.45) is 11.5 Å². The van der Waals surface area contributed by atoms with Gasteiger partial charge >= 0.3 is 0 Å². The lowest BCUT2D eigenvalue weighted by atomic mass is 10.2. The van der Waals surface area contributed by atoms with Gasteiger partial charge in [0.1, 0.15) is 0 Å². The summed E-state index contributed by atoms with van der Waals surface area (Å²) < 4.78 is 0. The average molecular weight is 129 g/mol. The molecule has 0 spiro atoms. The van der Waals surface area contributed by atoms with Crippen LogP contribution < -0.4 is 16.8 Å². The van der Waals surface area contributed by atoms with E-state index in [2.05, 4.69) is 5.32 Å². The Morgan fingerprint density at radius 3 is 2.44 bits per heavy atom. The predicted molar refractivity (Wildman–Crippen MR) is 39.6 cm³/mol. The number of nitrogens with two attached hydrogens (primary N) is 2. The average Bonchev–Trinajstić information content (AvgIpc) is 1.82. The molecule has 3 heteroatoms. The number of nitrogens with one attached hydrogen (secondary N) is 1. The Hall–Kier alpha value is -0.700. The van der Waals surface area contributed by atoms with Gasteiger partial charge in [-0.25, -0.2) is 0 Å². The molecule has 0 aliphatic carbocycles. The fourth-order valence-corrected chi connectivity index (χ4v) is 0.600. The Balaban J connectivity index is 3.58. The summed E-state index contributed by atoms with van der Waals surface area (Å²) in [4.78, 5) is 0. The van der Waals surface area contributed by atoms with Crippen molar-refractivity contribution >= 4 is 0 Å². The first-order valence-electron chi connectivity index (χ1n) is 3.04. The van der Waals surface area contributed by atoms with Crippen molar-refractivity contribution in [3.05, 3.63) is 11.9 Å². The highest BCUT2D eigenvalue weighted by molar-refractivity contribution is 4.97. The largest absolute Gasteiger partial charge is 0.403 e. The Bertz CT molecular complexity index is 96.5. The molecular weight excluding hydrogens is 114 g/mol. The van der Waals surface area contributed by atoms with Crippen molar-refractivity contribution in [2.45, 2.75) is 19.4 Å². The first kappa shape index (κ1) is 8.30. The lowest BCUT2D eigenvalue weighted by Gasteiger charge is -2.07. The molecule has 0 saturated carbocycles. The zero-order chi connectivity index (χ0) is 7.28. The number of hydrogen-bond acceptors (Lipinski definition) is 3. The molecule has 5 N–H and O–H groups in total. The summed E-state index contributed by atoms with van der Waals surface area (Å²) in [5, 5.41) is 2.94. The molecule has 0 saturated heterocycles. The molecule has 3 nitrogen and oxygen atoms in total. The Morgan fingerprint density at radius 2 is 2.33 bits per heavy atom. The lowest BCUT2D eigenvalue weighted by molar-refractivity contribution is 0.694. The maximum absolute atomic E-state index is 5.51. The summed E-state index contributed by atoms with van der Waals surface area (Å²) in [5.74, 6) is 0. The van der Waals surface area contributed by atoms with E-state index in [1.807, 2.05) is 14.0 Å². The molecule has 0 heterocycles. The maximum Gasteiger partial charge on any atom is 0.0277 e. The van der Waals surface area contributed by atoms with Gasteiger partial charge in [0.2, 0.25) is 0 Å². The predicted octanol–water partition coefficient (Wildman–Crippen LogP) is -0.257. The number of hydrogen-bond donors (Lipinski definition) is 3. The van der Waals surface area contributed by atoms with Gasteiger partial charge < -0.3 is 16.8 Å². The smallest absolute Gasteiger partial charge is 0.0277 e. The van der Waals surface area contributed by atoms with Gasteiger partial charge in [-0.15, -0.1) is 0 Å². The molecule has 0 rings (SSSR count). The first-order chi connectivity index (χ1) is 4.20. The van der Waals surface area contributed by atoms with Crippen LogP contribution in [0.2, 0.25) is 0 Å². The summed E-state index contributed by atoms with van der Waals surface area (Å²) in [6.07, 6.45) is 2.36. The molecule has 0 aromatic heterocycles. The van der Waals surface area contributed by atoms with Crippen LogP contribution in [0, 0.1) is 0 Å². The molecule has 0 amide bonds. The van der Waals surface area contributed by atoms with E-state index in [0.29, 0.717) is 0 Å². The van der Waals surface area contributed by atoms with E-state index in [1.54, 1.807) is 6.20 Å². The van der Waals surface area contributed by atoms with E-state index in [-0.39, 0.29) is 6.04 Å². The van der Waals surface area contributed by atoms with Crippen LogP contribution in [0.15, 0.2) is 11.9 Å². The number of rotatable bonds is 3. The van der Waals surface area contributed by atoms with Crippen LogP contribution in [0.1, 0.15) is 13.3 Å². The lowest BCUT2D eigenvalue weighted by Crippen LogP contribution is -2.20. The summed E-state index contributed by atoms with van der Waals surface area (Å²) in [6.45, 7) is 1.95. The monoisotopic (exact) mass is 129 g/mol. The van der Waals surface area contributed by atoms with Gasteiger partial charge in [0, 0.05) is 31.4 Å². The van der Waals surface area contributed by atoms with E-state index in [4.69, 9.17) is 11.5 Å². The molecule has 54 valence electrons. The molecule has 9 heavy (non-hydrogen) atoms. The third-order valence-corrected chi connectivity index (χ3v) is 1.06. The summed E-state index contributed by atoms with van der Waals surface area (Å²) in [7, 11) is 1.83. The standard InChI is InChI=1S/C6H15N3/c1-5(8)3-6(4-7)9-2/h4-5,9H,3,7-8H2,1-2H3/b6-4-. The van der Waals surface area contributed by atoms with Gasteiger partial charge in [0.05, 0.1) is 0 Å². The maximum atomic E-state index is 5.51. The molecule has 0 aliphatic rings. The van der Waals surface area contributed by atoms with Gasteiger partial charge in [-0.05, 0) is 6.92 Å². The molecule has 0 aliphatic heterocycles. The minimum atomic E-state index is 0.173. The fourth-order valence-electron chi connectivity index (χ4n) is 0.600. The van der Waals surface area contributed by atoms with Crippen LogP contribution >= 0.6 is 0 Å². The minimum absolute atomic E-state index is 0.173. The SMILES string of the molecule is CN/C(=C\N)CC(C)N. The van der Waals surface area contributed by atoms with E-state index in [9.17, 15) is 0 Å². The Labute approximate surface area is 56.1 Å². The van der Waals surface area contributed by atoms with Crippen LogP contribution in [0.25, 0.3) is 0 Å². The van der Waals surface area contributed by atoms with Gasteiger partial charge in [0.25, 0.3) is 0 Å². The van der Waals surface area contributed by atoms with Gasteiger partial charge in [0.15, 0.2) is 0 Å². The second kappa shape index (κ2) is 4.21. The Kier molecular flexibility index (Phi) is 3.88. The summed E-state index contributed by atoms with van der Waals surface area (Å²) in [6, 6.07) is 0.173. The molecule has 0 fully saturated rings. The fraction of sp³-hybridized carbons (Fsp3) is 0.667. The minimum Gasteiger partial charge on any atom is -0.403 e. The third-order valence-electron chi connectivity index (χ3n) is 1.06. The van der Waals surface area contributed by atoms with Crippen molar-refractivity contribution in [3.63, 3.8) is 0 Å². The van der Waals surface area contributed by atoms with E-state index < -0.39 is 0 Å². The van der Waals surface area contributed by atoms with E-state index >= 15 is 0 Å². The van der Waals surface area contributed by atoms with Gasteiger partial charge in [-0.1, -0.05) is 0 Å². The zero-order valence-electron chi connectivity index (χ0n) is 6.02. The van der Waals surface area contributed by atoms with Crippen molar-refractivity contribution in [2.75, 3.05) is 7.05 Å². The zero-order valence-corrected chi connectivity index (χ0v) is 6.02. The van der Waals surface area contributed by atoms with Crippen molar-refractivity contribution < 1.29 is 0 Å². The van der Waals surface area contributed by atoms with Crippen LogP contribution in [0.4, 0.5) is 0 Å². The van der Waals surface area contributed by atoms with Crippen LogP contribution in [-0.4, -0.2) is 13.1 Å². The third kappa shape index (κ3) is 3.85. The highest BCUT2D eigenvalue weighted by Crippen LogP contribution is 1.95. The van der Waals surface area contributed by atoms with E-state index in [1.165, 1.54) is 0 Å². The van der Waals surface area contributed by atoms with Crippen molar-refractivity contribution in [1.82, 2.24) is 5.32 Å². The molecule has 0 radical (unpaired) electrons. The van der Waals surface area contributed by atoms with Crippen LogP contribution in [0.3, 0.4) is 0 Å². The second-order valence-corrected chi connectivity index (χ2v) is 2.12. The first-order valence-corrected chi connectivity index (χ1v) is 3.04. The van der Waals surface area contributed by atoms with Gasteiger partial charge in [-0.3, -0.25) is 0 Å². The van der Waals surface area contributed by atoms with Crippen LogP contribution in [-0.2, 0) is 0 Å². The summed E-state index contributed by atoms with van der Waals surface area (Å²) in [5.41, 5.74) is 11.8. The normalized spacial score (nSPS) is 15.2. The van der Waals surface area contributed by atoms with E-state index in [0.717, 1.165) is 12.1 Å². The Morgan fingerprint density at radius 1 is 1.78 bits per heavy atom. The molecule has 1 atom stereocenters. The molecular formula is C6H15N3.